The topological polar surface area (TPSA) is 86.8 Å². The van der Waals surface area contributed by atoms with Crippen LogP contribution in [-0.2, 0) is 4.74 Å². The van der Waals surface area contributed by atoms with E-state index in [9.17, 15) is 10.1 Å². The smallest absolute Gasteiger partial charge is 0.410 e. The van der Waals surface area contributed by atoms with Crippen molar-refractivity contribution < 1.29 is 9.53 Å². The van der Waals surface area contributed by atoms with Crippen LogP contribution in [0.3, 0.4) is 0 Å². The lowest BCUT2D eigenvalue weighted by Gasteiger charge is -2.45. The molecule has 2 atom stereocenters. The Morgan fingerprint density at radius 1 is 0.905 bits per heavy atom. The molecule has 0 saturated carbocycles. The Bertz CT molecular complexity index is 1820. The van der Waals surface area contributed by atoms with E-state index in [1.54, 1.807) is 0 Å². The summed E-state index contributed by atoms with van der Waals surface area (Å²) in [6.07, 6.45) is 5.46. The van der Waals surface area contributed by atoms with Gasteiger partial charge in [-0.1, -0.05) is 42.5 Å². The molecule has 1 amide bonds. The predicted octanol–water partition coefficient (Wildman–Crippen LogP) is 6.92. The lowest BCUT2D eigenvalue weighted by Crippen LogP contribution is -2.58. The summed E-state index contributed by atoms with van der Waals surface area (Å²) in [6, 6.07) is 22.8. The molecule has 212 valence electrons. The van der Waals surface area contributed by atoms with E-state index in [4.69, 9.17) is 9.72 Å². The fourth-order valence-electron chi connectivity index (χ4n) is 5.99. The first-order chi connectivity index (χ1) is 20.1. The van der Waals surface area contributed by atoms with Gasteiger partial charge in [0.05, 0.1) is 17.8 Å². The first-order valence-corrected chi connectivity index (χ1v) is 14.3. The van der Waals surface area contributed by atoms with Crippen molar-refractivity contribution in [1.82, 2.24) is 19.5 Å². The van der Waals surface area contributed by atoms with Crippen LogP contribution in [0.15, 0.2) is 79.3 Å². The lowest BCUT2D eigenvalue weighted by atomic mass is 9.97. The van der Waals surface area contributed by atoms with Crippen LogP contribution < -0.4 is 4.90 Å². The number of carbonyl (C=O) groups is 1. The monoisotopic (exact) mass is 558 g/mol. The molecule has 1 aliphatic rings. The highest BCUT2D eigenvalue weighted by atomic mass is 16.6. The molecule has 1 saturated heterocycles. The number of nitrogens with zero attached hydrogens (tertiary/aromatic N) is 6. The van der Waals surface area contributed by atoms with Crippen molar-refractivity contribution in [3.63, 3.8) is 0 Å². The Kier molecular flexibility index (Phi) is 6.82. The lowest BCUT2D eigenvalue weighted by molar-refractivity contribution is 0.0193. The van der Waals surface area contributed by atoms with Crippen molar-refractivity contribution in [1.29, 1.82) is 5.26 Å². The summed E-state index contributed by atoms with van der Waals surface area (Å²) >= 11 is 0. The molecular formula is C34H34N6O2. The second-order valence-corrected chi connectivity index (χ2v) is 12.0. The summed E-state index contributed by atoms with van der Waals surface area (Å²) in [4.78, 5) is 21.7. The first kappa shape index (κ1) is 27.3. The Hall–Kier alpha value is -4.90. The molecule has 0 aliphatic carbocycles. The highest BCUT2D eigenvalue weighted by Gasteiger charge is 2.34. The van der Waals surface area contributed by atoms with Gasteiger partial charge in [0.25, 0.3) is 0 Å². The zero-order chi connectivity index (χ0) is 29.6. The molecule has 2 aromatic heterocycles. The van der Waals surface area contributed by atoms with Gasteiger partial charge < -0.3 is 14.5 Å². The minimum Gasteiger partial charge on any atom is -0.444 e. The third-order valence-electron chi connectivity index (χ3n) is 7.76. The number of carbonyl (C=O) groups excluding carboxylic acids is 1. The van der Waals surface area contributed by atoms with Crippen LogP contribution in [0.5, 0.6) is 0 Å². The summed E-state index contributed by atoms with van der Waals surface area (Å²) in [5, 5.41) is 16.1. The number of benzene rings is 3. The van der Waals surface area contributed by atoms with Crippen LogP contribution in [0.4, 0.5) is 10.5 Å². The number of aromatic nitrogens is 3. The van der Waals surface area contributed by atoms with Crippen LogP contribution in [0.1, 0.15) is 40.2 Å². The van der Waals surface area contributed by atoms with Gasteiger partial charge in [-0.15, -0.1) is 0 Å². The number of fused-ring (bicyclic) bond motifs is 2. The second-order valence-electron chi connectivity index (χ2n) is 12.0. The molecule has 0 radical (unpaired) electrons. The van der Waals surface area contributed by atoms with Crippen LogP contribution in [0.25, 0.3) is 38.7 Å². The van der Waals surface area contributed by atoms with Gasteiger partial charge in [0.2, 0.25) is 0 Å². The average Bonchev–Trinajstić information content (AvgIpc) is 3.39. The maximum absolute atomic E-state index is 12.7. The van der Waals surface area contributed by atoms with Gasteiger partial charge in [-0.3, -0.25) is 0 Å². The van der Waals surface area contributed by atoms with Crippen molar-refractivity contribution in [2.75, 3.05) is 18.0 Å². The highest BCUT2D eigenvalue weighted by Crippen LogP contribution is 2.33. The first-order valence-electron chi connectivity index (χ1n) is 14.3. The van der Waals surface area contributed by atoms with E-state index in [0.717, 1.165) is 44.4 Å². The quantitative estimate of drug-likeness (QED) is 0.239. The van der Waals surface area contributed by atoms with Crippen molar-refractivity contribution in [3.05, 3.63) is 84.8 Å². The van der Waals surface area contributed by atoms with E-state index >= 15 is 0 Å². The molecule has 1 fully saturated rings. The third-order valence-corrected chi connectivity index (χ3v) is 7.76. The summed E-state index contributed by atoms with van der Waals surface area (Å²) in [5.41, 5.74) is 5.94. The van der Waals surface area contributed by atoms with Crippen molar-refractivity contribution in [2.24, 2.45) is 0 Å². The second kappa shape index (κ2) is 10.5. The van der Waals surface area contributed by atoms with E-state index in [1.807, 2.05) is 85.2 Å². The van der Waals surface area contributed by atoms with Gasteiger partial charge in [-0.2, -0.15) is 10.4 Å². The molecule has 3 heterocycles. The summed E-state index contributed by atoms with van der Waals surface area (Å²) < 4.78 is 7.42. The standard InChI is InChI=1S/C34H34N6O2/c1-22-19-38(33(41)42-34(3,4)5)20-23(2)40(22)27-14-12-24(13-15-27)26-17-36-32-31(18-37-39(32)21-26)30-11-7-9-28-25(16-35)8-6-10-29(28)30/h6-15,17-18,21-23H,19-20H2,1-5H3/t22-,23+. The van der Waals surface area contributed by atoms with Crippen molar-refractivity contribution >= 4 is 28.2 Å². The molecule has 0 N–H and O–H groups in total. The SMILES string of the molecule is C[C@@H]1CN(C(=O)OC(C)(C)C)C[C@H](C)N1c1ccc(-c2cnc3c(-c4cccc5c(C#N)cccc45)cnn3c2)cc1. The van der Waals surface area contributed by atoms with E-state index in [-0.39, 0.29) is 18.2 Å². The summed E-state index contributed by atoms with van der Waals surface area (Å²) in [5.74, 6) is 0. The molecule has 0 unspecified atom stereocenters. The predicted molar refractivity (Wildman–Crippen MR) is 165 cm³/mol. The van der Waals surface area contributed by atoms with Gasteiger partial charge in [-0.25, -0.2) is 14.3 Å². The van der Waals surface area contributed by atoms with Crippen LogP contribution >= 0.6 is 0 Å². The molecule has 3 aromatic carbocycles. The van der Waals surface area contributed by atoms with Crippen LogP contribution in [0.2, 0.25) is 0 Å². The molecule has 42 heavy (non-hydrogen) atoms. The minimum atomic E-state index is -0.510. The van der Waals surface area contributed by atoms with Gasteiger partial charge in [0.15, 0.2) is 5.65 Å². The molecule has 0 spiro atoms. The number of piperazine rings is 1. The van der Waals surface area contributed by atoms with Gasteiger partial charge in [0.1, 0.15) is 5.60 Å². The molecule has 8 nitrogen and oxygen atoms in total. The molecule has 5 aromatic rings. The third kappa shape index (κ3) is 5.03. The number of anilines is 1. The fraction of sp³-hybridized carbons (Fsp3) is 0.294. The number of ether oxygens (including phenoxy) is 1. The summed E-state index contributed by atoms with van der Waals surface area (Å²) in [7, 11) is 0. The van der Waals surface area contributed by atoms with Crippen LogP contribution in [0, 0.1) is 11.3 Å². The van der Waals surface area contributed by atoms with E-state index in [0.29, 0.717) is 18.7 Å². The molecule has 0 bridgehead atoms. The number of amides is 1. The minimum absolute atomic E-state index is 0.144. The fourth-order valence-corrected chi connectivity index (χ4v) is 5.99. The number of rotatable bonds is 3. The molecule has 8 heteroatoms. The largest absolute Gasteiger partial charge is 0.444 e. The average molecular weight is 559 g/mol. The van der Waals surface area contributed by atoms with E-state index in [1.165, 1.54) is 0 Å². The Labute approximate surface area is 245 Å². The molecular weight excluding hydrogens is 524 g/mol. The Morgan fingerprint density at radius 2 is 1.60 bits per heavy atom. The zero-order valence-electron chi connectivity index (χ0n) is 24.6. The maximum atomic E-state index is 12.7. The van der Waals surface area contributed by atoms with Crippen molar-refractivity contribution in [3.8, 4) is 28.3 Å². The maximum Gasteiger partial charge on any atom is 0.410 e. The molecule has 1 aliphatic heterocycles. The number of hydrogen-bond acceptors (Lipinski definition) is 6. The zero-order valence-corrected chi connectivity index (χ0v) is 24.6. The van der Waals surface area contributed by atoms with Gasteiger partial charge in [0, 0.05) is 59.8 Å². The van der Waals surface area contributed by atoms with E-state index < -0.39 is 5.60 Å². The normalized spacial score (nSPS) is 17.4. The highest BCUT2D eigenvalue weighted by molar-refractivity contribution is 6.01. The Balaban J connectivity index is 1.24. The number of hydrogen-bond donors (Lipinski definition) is 0. The molecule has 6 rings (SSSR count). The van der Waals surface area contributed by atoms with E-state index in [2.05, 4.69) is 54.2 Å². The summed E-state index contributed by atoms with van der Waals surface area (Å²) in [6.45, 7) is 11.2. The van der Waals surface area contributed by atoms with Gasteiger partial charge >= 0.3 is 6.09 Å². The van der Waals surface area contributed by atoms with Crippen LogP contribution in [-0.4, -0.2) is 56.4 Å². The van der Waals surface area contributed by atoms with Gasteiger partial charge in [-0.05, 0) is 69.3 Å². The number of nitriles is 1. The van der Waals surface area contributed by atoms with Crippen molar-refractivity contribution in [2.45, 2.75) is 52.3 Å². The Morgan fingerprint density at radius 3 is 2.29 bits per heavy atom.